The fourth-order valence-electron chi connectivity index (χ4n) is 3.07. The molecule has 0 saturated carbocycles. The van der Waals surface area contributed by atoms with Gasteiger partial charge in [-0.15, -0.1) is 0 Å². The van der Waals surface area contributed by atoms with Crippen LogP contribution in [-0.4, -0.2) is 64.0 Å². The SMILES string of the molecule is CC(O)C(=O)[O-].CCCCCCCCCCCCCCCCCC(=O)O.CCCC[CH2][Ca+]. The summed E-state index contributed by atoms with van der Waals surface area (Å²) in [6, 6.07) is 0. The van der Waals surface area contributed by atoms with Gasteiger partial charge in [-0.05, 0) is 13.3 Å². The van der Waals surface area contributed by atoms with Gasteiger partial charge in [-0.2, -0.15) is 0 Å². The van der Waals surface area contributed by atoms with Gasteiger partial charge in [0.25, 0.3) is 0 Å². The standard InChI is InChI=1S/C18H36O2.C5H11.C3H6O3.Ca/c1-2-3-4-5-6-7-8-9-10-11-12-13-14-15-16-17-18(19)20;1-3-5-4-2;1-2(4)3(5)6;/h2-17H2,1H3,(H,19,20);1,3-5H2,2H3;2,4H,1H3,(H,5,6);/q;;;+1/p-1. The fraction of sp³-hybridized carbons (Fsp3) is 0.923. The number of aliphatic hydroxyl groups excluding tert-OH is 1. The van der Waals surface area contributed by atoms with E-state index in [9.17, 15) is 14.7 Å². The zero-order valence-corrected chi connectivity index (χ0v) is 23.8. The average molecular weight is 485 g/mol. The summed E-state index contributed by atoms with van der Waals surface area (Å²) in [5.74, 6) is -2.09. The Hall–Kier alpha value is 0.160. The third kappa shape index (κ3) is 43.9. The van der Waals surface area contributed by atoms with Crippen LogP contribution in [0.25, 0.3) is 0 Å². The van der Waals surface area contributed by atoms with E-state index < -0.39 is 18.0 Å². The maximum atomic E-state index is 10.3. The molecule has 6 heteroatoms. The Morgan fingerprint density at radius 3 is 1.19 bits per heavy atom. The van der Waals surface area contributed by atoms with E-state index in [1.54, 1.807) is 0 Å². The Balaban J connectivity index is -0.000000571. The van der Waals surface area contributed by atoms with Crippen molar-refractivity contribution in [1.82, 2.24) is 0 Å². The first-order chi connectivity index (χ1) is 15.3. The molecule has 5 nitrogen and oxygen atoms in total. The van der Waals surface area contributed by atoms with Crippen molar-refractivity contribution in [2.75, 3.05) is 0 Å². The Bertz CT molecular complexity index is 371. The molecule has 0 aliphatic heterocycles. The van der Waals surface area contributed by atoms with Gasteiger partial charge in [0.05, 0.1) is 12.1 Å². The van der Waals surface area contributed by atoms with Crippen molar-refractivity contribution in [3.63, 3.8) is 0 Å². The van der Waals surface area contributed by atoms with Gasteiger partial charge in [0.1, 0.15) is 0 Å². The number of carboxylic acid groups (broad SMARTS) is 2. The molecule has 1 atom stereocenters. The summed E-state index contributed by atoms with van der Waals surface area (Å²) in [4.78, 5) is 19.7. The molecule has 0 spiro atoms. The molecule has 0 saturated heterocycles. The van der Waals surface area contributed by atoms with Crippen molar-refractivity contribution >= 4 is 47.7 Å². The van der Waals surface area contributed by atoms with Crippen molar-refractivity contribution in [3.05, 3.63) is 0 Å². The van der Waals surface area contributed by atoms with Gasteiger partial charge < -0.3 is 20.1 Å². The Morgan fingerprint density at radius 2 is 0.969 bits per heavy atom. The second-order valence-corrected chi connectivity index (χ2v) is 9.75. The predicted octanol–water partition coefficient (Wildman–Crippen LogP) is 6.21. The number of carboxylic acids is 2. The number of rotatable bonds is 20. The molecule has 0 aromatic heterocycles. The van der Waals surface area contributed by atoms with Crippen LogP contribution >= 0.6 is 0 Å². The van der Waals surface area contributed by atoms with E-state index in [0.717, 1.165) is 19.8 Å². The molecule has 32 heavy (non-hydrogen) atoms. The molecule has 0 radical (unpaired) electrons. The van der Waals surface area contributed by atoms with E-state index in [1.807, 2.05) is 0 Å². The predicted molar refractivity (Wildman–Crippen MR) is 134 cm³/mol. The molecule has 0 amide bonds. The summed E-state index contributed by atoms with van der Waals surface area (Å²) < 4.78 is 1.48. The molecule has 1 unspecified atom stereocenters. The van der Waals surface area contributed by atoms with E-state index >= 15 is 0 Å². The van der Waals surface area contributed by atoms with Gasteiger partial charge in [0.2, 0.25) is 0 Å². The molecule has 0 fully saturated rings. The van der Waals surface area contributed by atoms with Gasteiger partial charge in [0.15, 0.2) is 0 Å². The quantitative estimate of drug-likeness (QED) is 0.158. The van der Waals surface area contributed by atoms with Gasteiger partial charge in [-0.1, -0.05) is 96.8 Å². The number of hydrogen-bond acceptors (Lipinski definition) is 4. The van der Waals surface area contributed by atoms with Crippen LogP contribution in [-0.2, 0) is 9.59 Å². The number of unbranched alkanes of at least 4 members (excludes halogenated alkanes) is 16. The van der Waals surface area contributed by atoms with Gasteiger partial charge in [-0.25, -0.2) is 0 Å². The third-order valence-electron chi connectivity index (χ3n) is 5.19. The number of hydrogen-bond donors (Lipinski definition) is 2. The van der Waals surface area contributed by atoms with Crippen molar-refractivity contribution in [2.45, 2.75) is 151 Å². The first kappa shape index (κ1) is 36.7. The topological polar surface area (TPSA) is 97.7 Å². The van der Waals surface area contributed by atoms with Crippen LogP contribution < -0.4 is 5.11 Å². The van der Waals surface area contributed by atoms with Crippen molar-refractivity contribution in [1.29, 1.82) is 0 Å². The molecule has 0 heterocycles. The minimum absolute atomic E-state index is 0.345. The zero-order valence-electron chi connectivity index (χ0n) is 21.5. The molecule has 0 aliphatic carbocycles. The van der Waals surface area contributed by atoms with E-state index in [1.165, 1.54) is 141 Å². The first-order valence-electron chi connectivity index (χ1n) is 13.2. The van der Waals surface area contributed by atoms with Crippen molar-refractivity contribution < 1.29 is 24.9 Å². The molecule has 2 N–H and O–H groups in total. The fourth-order valence-corrected chi connectivity index (χ4v) is 3.63. The van der Waals surface area contributed by atoms with Gasteiger partial charge >= 0.3 is 70.5 Å². The summed E-state index contributed by atoms with van der Waals surface area (Å²) in [6.07, 6.45) is 23.1. The van der Waals surface area contributed by atoms with Gasteiger partial charge in [-0.3, -0.25) is 4.79 Å². The zero-order chi connectivity index (χ0) is 24.9. The van der Waals surface area contributed by atoms with E-state index in [0.29, 0.717) is 6.42 Å². The number of aliphatic hydroxyl groups is 1. The van der Waals surface area contributed by atoms with Crippen molar-refractivity contribution in [3.8, 4) is 0 Å². The normalized spacial score (nSPS) is 11.1. The Labute approximate surface area is 222 Å². The molecule has 188 valence electrons. The second-order valence-electron chi connectivity index (χ2n) is 8.65. The molecule has 0 rings (SSSR count). The summed E-state index contributed by atoms with van der Waals surface area (Å²) in [7, 11) is 0. The van der Waals surface area contributed by atoms with E-state index in [-0.39, 0.29) is 0 Å². The summed E-state index contributed by atoms with van der Waals surface area (Å²) in [6.45, 7) is 5.65. The van der Waals surface area contributed by atoms with Crippen LogP contribution in [0.3, 0.4) is 0 Å². The first-order valence-corrected chi connectivity index (χ1v) is 14.8. The molecular weight excluding hydrogens is 432 g/mol. The maximum absolute atomic E-state index is 10.3. The molecule has 0 aliphatic rings. The summed E-state index contributed by atoms with van der Waals surface area (Å²) in [5.41, 5.74) is 0. The van der Waals surface area contributed by atoms with Crippen LogP contribution in [0.2, 0.25) is 2.52 Å². The number of aliphatic carboxylic acids is 2. The summed E-state index contributed by atoms with van der Waals surface area (Å²) in [5, 5.41) is 25.8. The van der Waals surface area contributed by atoms with E-state index in [4.69, 9.17) is 10.2 Å². The van der Waals surface area contributed by atoms with Crippen LogP contribution in [0.15, 0.2) is 0 Å². The molecule has 0 aromatic carbocycles. The van der Waals surface area contributed by atoms with Crippen LogP contribution in [0, 0.1) is 0 Å². The minimum atomic E-state index is -1.44. The van der Waals surface area contributed by atoms with Crippen molar-refractivity contribution in [2.24, 2.45) is 0 Å². The van der Waals surface area contributed by atoms with Crippen LogP contribution in [0.5, 0.6) is 0 Å². The molecular formula is C26H52CaO5. The molecule has 0 aromatic rings. The molecule has 0 bridgehead atoms. The monoisotopic (exact) mass is 484 g/mol. The Morgan fingerprint density at radius 1 is 0.688 bits per heavy atom. The van der Waals surface area contributed by atoms with Crippen LogP contribution in [0.4, 0.5) is 0 Å². The Kier molecular flexibility index (Phi) is 38.3. The van der Waals surface area contributed by atoms with Gasteiger partial charge in [0, 0.05) is 6.42 Å². The third-order valence-corrected chi connectivity index (χ3v) is 5.97. The van der Waals surface area contributed by atoms with Crippen LogP contribution in [0.1, 0.15) is 143 Å². The average Bonchev–Trinajstić information content (AvgIpc) is 2.75. The number of carbonyl (C=O) groups is 2. The number of carbonyl (C=O) groups excluding carboxylic acids is 1. The second kappa shape index (κ2) is 33.3. The summed E-state index contributed by atoms with van der Waals surface area (Å²) >= 11 is 1.49. The van der Waals surface area contributed by atoms with E-state index in [2.05, 4.69) is 13.8 Å².